The molecule has 0 atom stereocenters. The number of hydrogen-bond acceptors (Lipinski definition) is 7. The number of anilines is 1. The Morgan fingerprint density at radius 1 is 1.11 bits per heavy atom. The van der Waals surface area contributed by atoms with Gasteiger partial charge in [-0.15, -0.1) is 0 Å². The second-order valence-electron chi connectivity index (χ2n) is 8.20. The van der Waals surface area contributed by atoms with Gasteiger partial charge < -0.3 is 10.1 Å². The molecule has 4 aromatic rings. The molecule has 0 saturated carbocycles. The lowest BCUT2D eigenvalue weighted by Crippen LogP contribution is -2.23. The molecule has 2 heterocycles. The second kappa shape index (κ2) is 12.2. The maximum Gasteiger partial charge on any atom is 0.339 e. The fourth-order valence-corrected chi connectivity index (χ4v) is 4.36. The average molecular weight is 560 g/mol. The molecule has 0 aliphatic heterocycles. The van der Waals surface area contributed by atoms with Crippen LogP contribution in [0.2, 0.25) is 0 Å². The van der Waals surface area contributed by atoms with Crippen LogP contribution in [0.1, 0.15) is 27.9 Å². The number of ether oxygens (including phenoxy) is 1. The van der Waals surface area contributed by atoms with Crippen LogP contribution in [0, 0.1) is 0 Å². The molecular weight excluding hydrogens is 534 g/mol. The van der Waals surface area contributed by atoms with E-state index in [9.17, 15) is 9.59 Å². The SMILES string of the molecule is COC(=O)c1c(Br)cccc1C=Nc1c(-c2ccncc2)nc(NCCCc2ccccc2)n(C)c1=O. The van der Waals surface area contributed by atoms with E-state index in [1.807, 2.05) is 18.2 Å². The minimum Gasteiger partial charge on any atom is -0.465 e. The molecule has 188 valence electrons. The van der Waals surface area contributed by atoms with E-state index in [2.05, 4.69) is 43.4 Å². The van der Waals surface area contributed by atoms with Crippen molar-refractivity contribution < 1.29 is 9.53 Å². The first-order chi connectivity index (χ1) is 18.0. The zero-order chi connectivity index (χ0) is 26.2. The Bertz CT molecular complexity index is 1470. The number of esters is 1. The van der Waals surface area contributed by atoms with Gasteiger partial charge in [-0.25, -0.2) is 14.8 Å². The third kappa shape index (κ3) is 6.18. The Labute approximate surface area is 223 Å². The van der Waals surface area contributed by atoms with Gasteiger partial charge in [-0.3, -0.25) is 14.3 Å². The van der Waals surface area contributed by atoms with Crippen molar-refractivity contribution in [2.24, 2.45) is 12.0 Å². The third-order valence-corrected chi connectivity index (χ3v) is 6.42. The number of aryl methyl sites for hydroxylation is 1. The van der Waals surface area contributed by atoms with Gasteiger partial charge in [0.15, 0.2) is 5.69 Å². The maximum absolute atomic E-state index is 13.5. The standard InChI is InChI=1S/C28H26BrN5O3/c1-34-26(35)25(32-18-21-11-6-12-22(29)23(21)27(36)37-2)24(20-13-16-30-17-14-20)33-28(34)31-15-7-10-19-8-4-3-5-9-19/h3-6,8-9,11-14,16-18H,7,10,15H2,1-2H3,(H,31,33). The smallest absolute Gasteiger partial charge is 0.339 e. The molecule has 37 heavy (non-hydrogen) atoms. The largest absolute Gasteiger partial charge is 0.465 e. The fourth-order valence-electron chi connectivity index (χ4n) is 3.81. The van der Waals surface area contributed by atoms with E-state index < -0.39 is 5.97 Å². The van der Waals surface area contributed by atoms with Gasteiger partial charge in [0, 0.05) is 47.8 Å². The molecule has 0 radical (unpaired) electrons. The van der Waals surface area contributed by atoms with Gasteiger partial charge in [0.25, 0.3) is 5.56 Å². The minimum absolute atomic E-state index is 0.152. The molecule has 0 bridgehead atoms. The number of aliphatic imine (C=N–C) groups is 1. The summed E-state index contributed by atoms with van der Waals surface area (Å²) in [5, 5.41) is 3.29. The van der Waals surface area contributed by atoms with Crippen molar-refractivity contribution >= 4 is 39.7 Å². The first-order valence-electron chi connectivity index (χ1n) is 11.7. The lowest BCUT2D eigenvalue weighted by Gasteiger charge is -2.14. The summed E-state index contributed by atoms with van der Waals surface area (Å²) in [5.74, 6) is -0.0640. The molecule has 1 N–H and O–H groups in total. The number of aromatic nitrogens is 3. The van der Waals surface area contributed by atoms with Crippen LogP contribution in [0.25, 0.3) is 11.3 Å². The normalized spacial score (nSPS) is 11.0. The molecule has 4 rings (SSSR count). The summed E-state index contributed by atoms with van der Waals surface area (Å²) >= 11 is 3.39. The number of hydrogen-bond donors (Lipinski definition) is 1. The van der Waals surface area contributed by atoms with Crippen LogP contribution in [0.3, 0.4) is 0 Å². The van der Waals surface area contributed by atoms with Crippen LogP contribution in [0.4, 0.5) is 11.6 Å². The summed E-state index contributed by atoms with van der Waals surface area (Å²) in [4.78, 5) is 39.1. The van der Waals surface area contributed by atoms with E-state index in [0.717, 1.165) is 12.8 Å². The molecule has 0 aliphatic carbocycles. The number of carbonyl (C=O) groups excluding carboxylic acids is 1. The van der Waals surface area contributed by atoms with Crippen molar-refractivity contribution in [3.8, 4) is 11.3 Å². The van der Waals surface area contributed by atoms with E-state index in [-0.39, 0.29) is 11.2 Å². The van der Waals surface area contributed by atoms with Gasteiger partial charge in [0.2, 0.25) is 5.95 Å². The summed E-state index contributed by atoms with van der Waals surface area (Å²) in [7, 11) is 2.97. The van der Waals surface area contributed by atoms with Crippen molar-refractivity contribution in [1.29, 1.82) is 0 Å². The molecule has 0 fully saturated rings. The third-order valence-electron chi connectivity index (χ3n) is 5.76. The fraction of sp³-hybridized carbons (Fsp3) is 0.179. The highest BCUT2D eigenvalue weighted by Crippen LogP contribution is 2.27. The van der Waals surface area contributed by atoms with Gasteiger partial charge in [-0.1, -0.05) is 42.5 Å². The predicted molar refractivity (Wildman–Crippen MR) is 149 cm³/mol. The van der Waals surface area contributed by atoms with E-state index >= 15 is 0 Å². The number of pyridine rings is 1. The number of nitrogens with one attached hydrogen (secondary N) is 1. The quantitative estimate of drug-likeness (QED) is 0.172. The Kier molecular flexibility index (Phi) is 8.58. The molecule has 0 aliphatic rings. The van der Waals surface area contributed by atoms with Crippen LogP contribution < -0.4 is 10.9 Å². The highest BCUT2D eigenvalue weighted by Gasteiger charge is 2.18. The van der Waals surface area contributed by atoms with Gasteiger partial charge >= 0.3 is 5.97 Å². The van der Waals surface area contributed by atoms with E-state index in [0.29, 0.717) is 39.4 Å². The molecule has 0 unspecified atom stereocenters. The van der Waals surface area contributed by atoms with Crippen molar-refractivity contribution in [3.63, 3.8) is 0 Å². The highest BCUT2D eigenvalue weighted by atomic mass is 79.9. The number of carbonyl (C=O) groups is 1. The summed E-state index contributed by atoms with van der Waals surface area (Å²) in [6.45, 7) is 0.647. The Morgan fingerprint density at radius 2 is 1.86 bits per heavy atom. The Morgan fingerprint density at radius 3 is 2.59 bits per heavy atom. The van der Waals surface area contributed by atoms with Crippen molar-refractivity contribution in [1.82, 2.24) is 14.5 Å². The van der Waals surface area contributed by atoms with Crippen molar-refractivity contribution in [2.75, 3.05) is 19.0 Å². The Balaban J connectivity index is 1.68. The van der Waals surface area contributed by atoms with Gasteiger partial charge in [0.1, 0.15) is 5.69 Å². The summed E-state index contributed by atoms with van der Waals surface area (Å²) in [6, 6.07) is 19.0. The van der Waals surface area contributed by atoms with Crippen molar-refractivity contribution in [2.45, 2.75) is 12.8 Å². The minimum atomic E-state index is -0.510. The number of benzene rings is 2. The topological polar surface area (TPSA) is 98.5 Å². The van der Waals surface area contributed by atoms with Gasteiger partial charge in [-0.05, 0) is 52.5 Å². The number of nitrogens with zero attached hydrogens (tertiary/aromatic N) is 4. The molecule has 0 spiro atoms. The van der Waals surface area contributed by atoms with Gasteiger partial charge in [-0.2, -0.15) is 0 Å². The molecule has 2 aromatic carbocycles. The van der Waals surface area contributed by atoms with Crippen molar-refractivity contribution in [3.05, 3.63) is 105 Å². The zero-order valence-electron chi connectivity index (χ0n) is 20.5. The molecule has 8 nitrogen and oxygen atoms in total. The zero-order valence-corrected chi connectivity index (χ0v) is 22.1. The van der Waals surface area contributed by atoms with Crippen LogP contribution in [0.15, 0.2) is 87.3 Å². The molecule has 0 saturated heterocycles. The number of rotatable bonds is 9. The summed E-state index contributed by atoms with van der Waals surface area (Å²) in [5.41, 5.74) is 3.04. The van der Waals surface area contributed by atoms with Gasteiger partial charge in [0.05, 0.1) is 12.7 Å². The first kappa shape index (κ1) is 26.0. The van der Waals surface area contributed by atoms with Crippen LogP contribution in [-0.2, 0) is 18.2 Å². The lowest BCUT2D eigenvalue weighted by molar-refractivity contribution is 0.0599. The first-order valence-corrected chi connectivity index (χ1v) is 12.5. The molecule has 0 amide bonds. The van der Waals surface area contributed by atoms with Crippen LogP contribution >= 0.6 is 15.9 Å². The molecule has 2 aromatic heterocycles. The molecule has 9 heteroatoms. The summed E-state index contributed by atoms with van der Waals surface area (Å²) < 4.78 is 6.93. The second-order valence-corrected chi connectivity index (χ2v) is 9.06. The highest BCUT2D eigenvalue weighted by molar-refractivity contribution is 9.10. The monoisotopic (exact) mass is 559 g/mol. The number of halogens is 1. The average Bonchev–Trinajstić information content (AvgIpc) is 2.93. The van der Waals surface area contributed by atoms with E-state index in [1.54, 1.807) is 49.8 Å². The van der Waals surface area contributed by atoms with Crippen LogP contribution in [0.5, 0.6) is 0 Å². The van der Waals surface area contributed by atoms with E-state index in [1.165, 1.54) is 23.5 Å². The maximum atomic E-state index is 13.5. The van der Waals surface area contributed by atoms with Crippen LogP contribution in [-0.4, -0.2) is 40.4 Å². The predicted octanol–water partition coefficient (Wildman–Crippen LogP) is 5.19. The van der Waals surface area contributed by atoms with E-state index in [4.69, 9.17) is 9.72 Å². The summed E-state index contributed by atoms with van der Waals surface area (Å²) in [6.07, 6.45) is 6.55. The lowest BCUT2D eigenvalue weighted by atomic mass is 10.1. The molecular formula is C28H26BrN5O3. The Hall–Kier alpha value is -4.11. The number of methoxy groups -OCH3 is 1.